The maximum atomic E-state index is 13.1. The first-order valence-electron chi connectivity index (χ1n) is 12.4. The Balaban J connectivity index is 2.72. The Bertz CT molecular complexity index is 761. The molecule has 6 heteroatoms. The molecule has 0 radical (unpaired) electrons. The van der Waals surface area contributed by atoms with Gasteiger partial charge in [-0.15, -0.1) is 0 Å². The SMILES string of the molecule is CCCCCCCCCCCCOS(=O)(=O)C(C(N)=O)c1c(C(C)C)cccc1C(C)C. The molecular formula is C26H45NO4S. The lowest BCUT2D eigenvalue weighted by molar-refractivity contribution is -0.117. The molecule has 1 unspecified atom stereocenters. The Morgan fingerprint density at radius 2 is 1.28 bits per heavy atom. The third-order valence-corrected chi connectivity index (χ3v) is 7.51. The van der Waals surface area contributed by atoms with Gasteiger partial charge in [0, 0.05) is 0 Å². The first kappa shape index (κ1) is 28.6. The number of hydrogen-bond donors (Lipinski definition) is 1. The van der Waals surface area contributed by atoms with Crippen LogP contribution in [0.15, 0.2) is 18.2 Å². The van der Waals surface area contributed by atoms with Gasteiger partial charge >= 0.3 is 0 Å². The first-order valence-corrected chi connectivity index (χ1v) is 13.9. The standard InChI is InChI=1S/C26H45NO4S/c1-6-7-8-9-10-11-12-13-14-15-19-31-32(29,30)25(26(27)28)24-22(20(2)3)17-16-18-23(24)21(4)5/h16-18,20-21,25H,6-15,19H2,1-5H3,(H2,27,28). The van der Waals surface area contributed by atoms with Crippen LogP contribution in [0, 0.1) is 0 Å². The van der Waals surface area contributed by atoms with Crippen molar-refractivity contribution in [3.05, 3.63) is 34.9 Å². The third kappa shape index (κ3) is 9.22. The zero-order chi connectivity index (χ0) is 24.1. The molecule has 1 atom stereocenters. The van der Waals surface area contributed by atoms with Crippen LogP contribution in [0.2, 0.25) is 0 Å². The largest absolute Gasteiger partial charge is 0.368 e. The maximum absolute atomic E-state index is 13.1. The van der Waals surface area contributed by atoms with E-state index in [1.165, 1.54) is 44.9 Å². The molecule has 184 valence electrons. The van der Waals surface area contributed by atoms with Crippen LogP contribution in [0.3, 0.4) is 0 Å². The fraction of sp³-hybridized carbons (Fsp3) is 0.731. The topological polar surface area (TPSA) is 86.5 Å². The van der Waals surface area contributed by atoms with Crippen LogP contribution in [0.1, 0.15) is 133 Å². The van der Waals surface area contributed by atoms with Crippen molar-refractivity contribution in [1.82, 2.24) is 0 Å². The van der Waals surface area contributed by atoms with Gasteiger partial charge in [0.05, 0.1) is 6.61 Å². The summed E-state index contributed by atoms with van der Waals surface area (Å²) in [5.41, 5.74) is 7.77. The Hall–Kier alpha value is -1.40. The van der Waals surface area contributed by atoms with Crippen molar-refractivity contribution in [3.63, 3.8) is 0 Å². The average Bonchev–Trinajstić information content (AvgIpc) is 2.71. The molecule has 1 aromatic rings. The van der Waals surface area contributed by atoms with Crippen molar-refractivity contribution in [2.45, 2.75) is 116 Å². The minimum Gasteiger partial charge on any atom is -0.368 e. The van der Waals surface area contributed by atoms with Crippen LogP contribution >= 0.6 is 0 Å². The summed E-state index contributed by atoms with van der Waals surface area (Å²) in [7, 11) is -4.17. The van der Waals surface area contributed by atoms with Gasteiger partial charge in [-0.2, -0.15) is 8.42 Å². The predicted molar refractivity (Wildman–Crippen MR) is 133 cm³/mol. The van der Waals surface area contributed by atoms with Crippen LogP contribution in [0.5, 0.6) is 0 Å². The summed E-state index contributed by atoms with van der Waals surface area (Å²) in [4.78, 5) is 12.4. The summed E-state index contributed by atoms with van der Waals surface area (Å²) >= 11 is 0. The number of carbonyl (C=O) groups is 1. The number of amides is 1. The summed E-state index contributed by atoms with van der Waals surface area (Å²) in [5.74, 6) is -0.770. The van der Waals surface area contributed by atoms with Crippen molar-refractivity contribution < 1.29 is 17.4 Å². The third-order valence-electron chi connectivity index (χ3n) is 5.97. The number of benzene rings is 1. The zero-order valence-corrected chi connectivity index (χ0v) is 21.7. The molecule has 0 aliphatic heterocycles. The predicted octanol–water partition coefficient (Wildman–Crippen LogP) is 6.73. The molecule has 1 rings (SSSR count). The molecule has 5 nitrogen and oxygen atoms in total. The van der Waals surface area contributed by atoms with E-state index in [0.717, 1.165) is 24.0 Å². The van der Waals surface area contributed by atoms with E-state index in [-0.39, 0.29) is 18.4 Å². The van der Waals surface area contributed by atoms with E-state index < -0.39 is 21.3 Å². The van der Waals surface area contributed by atoms with Crippen LogP contribution in [-0.2, 0) is 19.1 Å². The second-order valence-electron chi connectivity index (χ2n) is 9.44. The number of primary amides is 1. The second-order valence-corrected chi connectivity index (χ2v) is 11.1. The minimum atomic E-state index is -4.17. The van der Waals surface area contributed by atoms with Crippen LogP contribution in [0.4, 0.5) is 0 Å². The Morgan fingerprint density at radius 1 is 0.844 bits per heavy atom. The maximum Gasteiger partial charge on any atom is 0.283 e. The van der Waals surface area contributed by atoms with Gasteiger partial charge < -0.3 is 5.73 Å². The zero-order valence-electron chi connectivity index (χ0n) is 20.9. The molecule has 0 fully saturated rings. The van der Waals surface area contributed by atoms with Crippen molar-refractivity contribution in [2.75, 3.05) is 6.61 Å². The molecule has 0 heterocycles. The summed E-state index contributed by atoms with van der Waals surface area (Å²) in [6.07, 6.45) is 11.5. The molecule has 32 heavy (non-hydrogen) atoms. The molecule has 0 saturated heterocycles. The highest BCUT2D eigenvalue weighted by Gasteiger charge is 2.37. The van der Waals surface area contributed by atoms with Gasteiger partial charge in [-0.05, 0) is 34.9 Å². The van der Waals surface area contributed by atoms with E-state index >= 15 is 0 Å². The van der Waals surface area contributed by atoms with Gasteiger partial charge in [-0.3, -0.25) is 8.98 Å². The van der Waals surface area contributed by atoms with Gasteiger partial charge in [-0.1, -0.05) is 111 Å². The Kier molecular flexibility index (Phi) is 13.1. The highest BCUT2D eigenvalue weighted by atomic mass is 32.2. The van der Waals surface area contributed by atoms with Gasteiger partial charge in [0.25, 0.3) is 10.1 Å². The first-order chi connectivity index (χ1) is 15.1. The Labute approximate surface area is 196 Å². The monoisotopic (exact) mass is 467 g/mol. The lowest BCUT2D eigenvalue weighted by atomic mass is 9.87. The number of hydrogen-bond acceptors (Lipinski definition) is 4. The van der Waals surface area contributed by atoms with E-state index in [4.69, 9.17) is 9.92 Å². The normalized spacial score (nSPS) is 13.1. The molecule has 0 bridgehead atoms. The quantitative estimate of drug-likeness (QED) is 0.203. The summed E-state index contributed by atoms with van der Waals surface area (Å²) < 4.78 is 31.4. The molecule has 0 spiro atoms. The summed E-state index contributed by atoms with van der Waals surface area (Å²) in [6.45, 7) is 10.2. The van der Waals surface area contributed by atoms with Crippen LogP contribution in [-0.4, -0.2) is 20.9 Å². The highest BCUT2D eigenvalue weighted by molar-refractivity contribution is 7.87. The van der Waals surface area contributed by atoms with E-state index in [0.29, 0.717) is 12.0 Å². The molecule has 1 amide bonds. The molecule has 1 aromatic carbocycles. The highest BCUT2D eigenvalue weighted by Crippen LogP contribution is 2.36. The fourth-order valence-corrected chi connectivity index (χ4v) is 5.50. The van der Waals surface area contributed by atoms with Crippen molar-refractivity contribution in [1.29, 1.82) is 0 Å². The summed E-state index contributed by atoms with van der Waals surface area (Å²) in [6, 6.07) is 5.66. The molecule has 0 aromatic heterocycles. The van der Waals surface area contributed by atoms with E-state index in [2.05, 4.69) is 6.92 Å². The number of nitrogens with two attached hydrogens (primary N) is 1. The number of rotatable bonds is 17. The van der Waals surface area contributed by atoms with Gasteiger partial charge in [0.1, 0.15) is 0 Å². The number of unbranched alkanes of at least 4 members (excludes halogenated alkanes) is 9. The smallest absolute Gasteiger partial charge is 0.283 e. The molecule has 2 N–H and O–H groups in total. The van der Waals surface area contributed by atoms with E-state index in [9.17, 15) is 13.2 Å². The summed E-state index contributed by atoms with van der Waals surface area (Å²) in [5, 5.41) is -1.48. The average molecular weight is 468 g/mol. The van der Waals surface area contributed by atoms with Gasteiger partial charge in [0.15, 0.2) is 5.25 Å². The fourth-order valence-electron chi connectivity index (χ4n) is 4.17. The van der Waals surface area contributed by atoms with Crippen molar-refractivity contribution in [2.24, 2.45) is 5.73 Å². The number of carbonyl (C=O) groups excluding carboxylic acids is 1. The molecule has 0 aliphatic carbocycles. The van der Waals surface area contributed by atoms with Gasteiger partial charge in [0.2, 0.25) is 5.91 Å². The minimum absolute atomic E-state index is 0.0581. The van der Waals surface area contributed by atoms with Crippen LogP contribution < -0.4 is 5.73 Å². The Morgan fingerprint density at radius 3 is 1.69 bits per heavy atom. The lowest BCUT2D eigenvalue weighted by Crippen LogP contribution is -2.32. The van der Waals surface area contributed by atoms with E-state index in [1.807, 2.05) is 45.9 Å². The lowest BCUT2D eigenvalue weighted by Gasteiger charge is -2.24. The van der Waals surface area contributed by atoms with Crippen molar-refractivity contribution in [3.8, 4) is 0 Å². The van der Waals surface area contributed by atoms with Gasteiger partial charge in [-0.25, -0.2) is 0 Å². The second kappa shape index (κ2) is 14.7. The van der Waals surface area contributed by atoms with E-state index in [1.54, 1.807) is 0 Å². The van der Waals surface area contributed by atoms with Crippen LogP contribution in [0.25, 0.3) is 0 Å². The van der Waals surface area contributed by atoms with Crippen molar-refractivity contribution >= 4 is 16.0 Å². The molecule has 0 aliphatic rings. The molecular weight excluding hydrogens is 422 g/mol. The molecule has 0 saturated carbocycles.